The van der Waals surface area contributed by atoms with Crippen molar-refractivity contribution in [3.8, 4) is 11.5 Å². The lowest BCUT2D eigenvalue weighted by atomic mass is 10.2. The highest BCUT2D eigenvalue weighted by atomic mass is 79.9. The highest BCUT2D eigenvalue weighted by Crippen LogP contribution is 2.29. The van der Waals surface area contributed by atoms with E-state index in [0.717, 1.165) is 15.7 Å². The topological polar surface area (TPSA) is 59.6 Å². The number of halogens is 1. The standard InChI is InChI=1S/C17H19BrN2O3/c1-11-4-6-14(13(18)8-11)19-10-17(21)20-12-5-7-15(22-2)16(9-12)23-3/h4-9,19H,10H2,1-3H3,(H,20,21). The number of nitrogens with one attached hydrogen (secondary N) is 2. The van der Waals surface area contributed by atoms with Crippen LogP contribution in [0.4, 0.5) is 11.4 Å². The number of methoxy groups -OCH3 is 2. The summed E-state index contributed by atoms with van der Waals surface area (Å²) in [6, 6.07) is 11.1. The number of aryl methyl sites for hydroxylation is 1. The molecule has 0 saturated heterocycles. The Morgan fingerprint density at radius 1 is 1.09 bits per heavy atom. The van der Waals surface area contributed by atoms with Gasteiger partial charge < -0.3 is 20.1 Å². The van der Waals surface area contributed by atoms with Crippen LogP contribution < -0.4 is 20.1 Å². The molecule has 0 aliphatic heterocycles. The summed E-state index contributed by atoms with van der Waals surface area (Å²) in [6.45, 7) is 2.17. The number of carbonyl (C=O) groups is 1. The zero-order chi connectivity index (χ0) is 16.8. The predicted molar refractivity (Wildman–Crippen MR) is 95.5 cm³/mol. The summed E-state index contributed by atoms with van der Waals surface area (Å²) in [7, 11) is 3.12. The van der Waals surface area contributed by atoms with Gasteiger partial charge in [-0.2, -0.15) is 0 Å². The summed E-state index contributed by atoms with van der Waals surface area (Å²) in [4.78, 5) is 12.1. The van der Waals surface area contributed by atoms with E-state index in [0.29, 0.717) is 17.2 Å². The Labute approximate surface area is 144 Å². The van der Waals surface area contributed by atoms with Crippen LogP contribution in [0.3, 0.4) is 0 Å². The molecule has 122 valence electrons. The van der Waals surface area contributed by atoms with Crippen LogP contribution in [0.2, 0.25) is 0 Å². The molecule has 6 heteroatoms. The zero-order valence-corrected chi connectivity index (χ0v) is 14.9. The third-order valence-electron chi connectivity index (χ3n) is 3.23. The molecule has 0 saturated carbocycles. The first-order chi connectivity index (χ1) is 11.0. The van der Waals surface area contributed by atoms with E-state index in [9.17, 15) is 4.79 Å². The molecule has 0 unspecified atom stereocenters. The normalized spacial score (nSPS) is 10.1. The van der Waals surface area contributed by atoms with E-state index < -0.39 is 0 Å². The average molecular weight is 379 g/mol. The maximum Gasteiger partial charge on any atom is 0.243 e. The molecule has 0 radical (unpaired) electrons. The molecule has 23 heavy (non-hydrogen) atoms. The van der Waals surface area contributed by atoms with Crippen LogP contribution in [0.25, 0.3) is 0 Å². The largest absolute Gasteiger partial charge is 0.493 e. The van der Waals surface area contributed by atoms with Crippen molar-refractivity contribution in [2.75, 3.05) is 31.4 Å². The Hall–Kier alpha value is -2.21. The fourth-order valence-electron chi connectivity index (χ4n) is 2.06. The number of carbonyl (C=O) groups excluding carboxylic acids is 1. The molecular formula is C17H19BrN2O3. The van der Waals surface area contributed by atoms with Crippen LogP contribution in [0.15, 0.2) is 40.9 Å². The first kappa shape index (κ1) is 17.1. The zero-order valence-electron chi connectivity index (χ0n) is 13.3. The van der Waals surface area contributed by atoms with Gasteiger partial charge in [-0.1, -0.05) is 6.07 Å². The Bertz CT molecular complexity index is 704. The third-order valence-corrected chi connectivity index (χ3v) is 3.89. The molecule has 0 heterocycles. The lowest BCUT2D eigenvalue weighted by Crippen LogP contribution is -2.21. The van der Waals surface area contributed by atoms with Crippen molar-refractivity contribution >= 4 is 33.2 Å². The molecule has 2 rings (SSSR count). The third kappa shape index (κ3) is 4.63. The summed E-state index contributed by atoms with van der Waals surface area (Å²) >= 11 is 3.47. The smallest absolute Gasteiger partial charge is 0.243 e. The molecule has 0 aromatic heterocycles. The molecule has 0 bridgehead atoms. The summed E-state index contributed by atoms with van der Waals surface area (Å²) in [5.74, 6) is 1.04. The predicted octanol–water partition coefficient (Wildman–Crippen LogP) is 3.83. The fraction of sp³-hybridized carbons (Fsp3) is 0.235. The number of anilines is 2. The van der Waals surface area contributed by atoms with Crippen LogP contribution in [0, 0.1) is 6.92 Å². The summed E-state index contributed by atoms with van der Waals surface area (Å²) < 4.78 is 11.3. The van der Waals surface area contributed by atoms with Crippen LogP contribution in [-0.4, -0.2) is 26.7 Å². The van der Waals surface area contributed by atoms with Crippen molar-refractivity contribution < 1.29 is 14.3 Å². The molecule has 0 atom stereocenters. The highest BCUT2D eigenvalue weighted by molar-refractivity contribution is 9.10. The second kappa shape index (κ2) is 7.87. The van der Waals surface area contributed by atoms with E-state index in [4.69, 9.17) is 9.47 Å². The van der Waals surface area contributed by atoms with E-state index >= 15 is 0 Å². The fourth-order valence-corrected chi connectivity index (χ4v) is 2.69. The lowest BCUT2D eigenvalue weighted by Gasteiger charge is -2.12. The van der Waals surface area contributed by atoms with Gasteiger partial charge in [-0.3, -0.25) is 4.79 Å². The van der Waals surface area contributed by atoms with Gasteiger partial charge in [-0.05, 0) is 52.7 Å². The van der Waals surface area contributed by atoms with Crippen molar-refractivity contribution in [1.82, 2.24) is 0 Å². The van der Waals surface area contributed by atoms with E-state index in [1.165, 1.54) is 0 Å². The van der Waals surface area contributed by atoms with Gasteiger partial charge in [0.25, 0.3) is 0 Å². The Morgan fingerprint density at radius 2 is 1.83 bits per heavy atom. The monoisotopic (exact) mass is 378 g/mol. The minimum absolute atomic E-state index is 0.148. The summed E-state index contributed by atoms with van der Waals surface area (Å²) in [5, 5.41) is 5.91. The molecular weight excluding hydrogens is 360 g/mol. The SMILES string of the molecule is COc1ccc(NC(=O)CNc2ccc(C)cc2Br)cc1OC. The minimum atomic E-state index is -0.148. The molecule has 0 fully saturated rings. The van der Waals surface area contributed by atoms with Crippen LogP contribution in [-0.2, 0) is 4.79 Å². The first-order valence-electron chi connectivity index (χ1n) is 7.05. The number of amides is 1. The second-order valence-corrected chi connectivity index (χ2v) is 5.81. The molecule has 2 aromatic rings. The number of ether oxygens (including phenoxy) is 2. The molecule has 2 N–H and O–H groups in total. The number of hydrogen-bond acceptors (Lipinski definition) is 4. The minimum Gasteiger partial charge on any atom is -0.493 e. The number of benzene rings is 2. The van der Waals surface area contributed by atoms with Crippen molar-refractivity contribution in [2.45, 2.75) is 6.92 Å². The van der Waals surface area contributed by atoms with Crippen molar-refractivity contribution in [3.63, 3.8) is 0 Å². The van der Waals surface area contributed by atoms with Crippen molar-refractivity contribution in [2.24, 2.45) is 0 Å². The van der Waals surface area contributed by atoms with Gasteiger partial charge in [0.1, 0.15) is 0 Å². The molecule has 2 aromatic carbocycles. The maximum atomic E-state index is 12.1. The van der Waals surface area contributed by atoms with Crippen molar-refractivity contribution in [1.29, 1.82) is 0 Å². The second-order valence-electron chi connectivity index (χ2n) is 4.95. The van der Waals surface area contributed by atoms with E-state index in [1.54, 1.807) is 32.4 Å². The van der Waals surface area contributed by atoms with Crippen LogP contribution in [0.5, 0.6) is 11.5 Å². The maximum absolute atomic E-state index is 12.1. The molecule has 5 nitrogen and oxygen atoms in total. The van der Waals surface area contributed by atoms with E-state index in [1.807, 2.05) is 25.1 Å². The lowest BCUT2D eigenvalue weighted by molar-refractivity contribution is -0.114. The van der Waals surface area contributed by atoms with Gasteiger partial charge >= 0.3 is 0 Å². The molecule has 0 aliphatic carbocycles. The van der Waals surface area contributed by atoms with E-state index in [-0.39, 0.29) is 12.5 Å². The molecule has 0 spiro atoms. The van der Waals surface area contributed by atoms with Crippen LogP contribution in [0.1, 0.15) is 5.56 Å². The molecule has 0 aliphatic rings. The number of hydrogen-bond donors (Lipinski definition) is 2. The van der Waals surface area contributed by atoms with Gasteiger partial charge in [0.05, 0.1) is 20.8 Å². The Kier molecular flexibility index (Phi) is 5.87. The average Bonchev–Trinajstić information content (AvgIpc) is 2.54. The summed E-state index contributed by atoms with van der Waals surface area (Å²) in [5.41, 5.74) is 2.67. The van der Waals surface area contributed by atoms with Gasteiger partial charge in [0.15, 0.2) is 11.5 Å². The summed E-state index contributed by atoms with van der Waals surface area (Å²) in [6.07, 6.45) is 0. The van der Waals surface area contributed by atoms with Gasteiger partial charge in [-0.25, -0.2) is 0 Å². The van der Waals surface area contributed by atoms with Crippen molar-refractivity contribution in [3.05, 3.63) is 46.4 Å². The Balaban J connectivity index is 1.97. The highest BCUT2D eigenvalue weighted by Gasteiger charge is 2.08. The van der Waals surface area contributed by atoms with Gasteiger partial charge in [-0.15, -0.1) is 0 Å². The van der Waals surface area contributed by atoms with Crippen LogP contribution >= 0.6 is 15.9 Å². The van der Waals surface area contributed by atoms with Gasteiger partial charge in [0, 0.05) is 21.9 Å². The quantitative estimate of drug-likeness (QED) is 0.801. The number of rotatable bonds is 6. The molecule has 1 amide bonds. The Morgan fingerprint density at radius 3 is 2.48 bits per heavy atom. The van der Waals surface area contributed by atoms with E-state index in [2.05, 4.69) is 26.6 Å². The first-order valence-corrected chi connectivity index (χ1v) is 7.84. The van der Waals surface area contributed by atoms with Gasteiger partial charge in [0.2, 0.25) is 5.91 Å².